The molecule has 1 atom stereocenters. The first-order valence-electron chi connectivity index (χ1n) is 9.12. The van der Waals surface area contributed by atoms with Gasteiger partial charge in [-0.05, 0) is 6.42 Å². The second kappa shape index (κ2) is 8.02. The van der Waals surface area contributed by atoms with Gasteiger partial charge in [-0.3, -0.25) is 4.79 Å². The molecule has 1 amide bonds. The summed E-state index contributed by atoms with van der Waals surface area (Å²) >= 11 is 1.44. The molecule has 1 aromatic carbocycles. The molecule has 28 heavy (non-hydrogen) atoms. The standard InChI is InChI=1S/C20H19FN4O2S/c1-2-15-17(21)18(23-12-22-15)27-14-8-9-25(10-14)20(26)16-11-28-19(24-16)13-6-4-3-5-7-13/h3-7,11-12,14H,2,8-10H2,1H3/t14-/m0/s1. The second-order valence-corrected chi connectivity index (χ2v) is 7.33. The van der Waals surface area contributed by atoms with E-state index in [-0.39, 0.29) is 17.9 Å². The molecule has 0 saturated carbocycles. The molecule has 2 aromatic heterocycles. The maximum Gasteiger partial charge on any atom is 0.273 e. The number of nitrogens with zero attached hydrogens (tertiary/aromatic N) is 4. The van der Waals surface area contributed by atoms with Crippen LogP contribution < -0.4 is 4.74 Å². The number of amides is 1. The van der Waals surface area contributed by atoms with E-state index in [9.17, 15) is 9.18 Å². The SMILES string of the molecule is CCc1ncnc(O[C@H]2CCN(C(=O)c3csc(-c4ccccc4)n3)C2)c1F. The monoisotopic (exact) mass is 398 g/mol. The Bertz CT molecular complexity index is 979. The van der Waals surface area contributed by atoms with Gasteiger partial charge < -0.3 is 9.64 Å². The van der Waals surface area contributed by atoms with Crippen LogP contribution in [-0.2, 0) is 6.42 Å². The molecule has 4 rings (SSSR count). The van der Waals surface area contributed by atoms with Crippen LogP contribution in [0.3, 0.4) is 0 Å². The molecule has 144 valence electrons. The van der Waals surface area contributed by atoms with Crippen LogP contribution in [0.1, 0.15) is 29.5 Å². The minimum Gasteiger partial charge on any atom is -0.470 e. The highest BCUT2D eigenvalue weighted by Gasteiger charge is 2.30. The van der Waals surface area contributed by atoms with Crippen molar-refractivity contribution in [3.63, 3.8) is 0 Å². The largest absolute Gasteiger partial charge is 0.470 e. The van der Waals surface area contributed by atoms with Crippen molar-refractivity contribution in [1.82, 2.24) is 19.9 Å². The summed E-state index contributed by atoms with van der Waals surface area (Å²) in [6, 6.07) is 9.76. The molecule has 0 N–H and O–H groups in total. The van der Waals surface area contributed by atoms with Crippen LogP contribution in [-0.4, -0.2) is 45.0 Å². The predicted octanol–water partition coefficient (Wildman–Crippen LogP) is 3.60. The van der Waals surface area contributed by atoms with Crippen LogP contribution in [0.2, 0.25) is 0 Å². The molecule has 1 saturated heterocycles. The molecule has 1 aliphatic heterocycles. The predicted molar refractivity (Wildman–Crippen MR) is 104 cm³/mol. The molecule has 3 aromatic rings. The minimum atomic E-state index is -0.526. The van der Waals surface area contributed by atoms with E-state index in [1.807, 2.05) is 37.3 Å². The Morgan fingerprint density at radius 1 is 1.32 bits per heavy atom. The summed E-state index contributed by atoms with van der Waals surface area (Å²) in [6.07, 6.45) is 2.08. The van der Waals surface area contributed by atoms with Crippen molar-refractivity contribution in [3.05, 3.63) is 59.2 Å². The summed E-state index contributed by atoms with van der Waals surface area (Å²) in [6.45, 7) is 2.74. The van der Waals surface area contributed by atoms with E-state index in [0.29, 0.717) is 37.3 Å². The third-order valence-corrected chi connectivity index (χ3v) is 5.51. The maximum absolute atomic E-state index is 14.3. The Hall–Kier alpha value is -2.87. The summed E-state index contributed by atoms with van der Waals surface area (Å²) < 4.78 is 20.0. The highest BCUT2D eigenvalue weighted by atomic mass is 32.1. The molecular formula is C20H19FN4O2S. The number of aryl methyl sites for hydroxylation is 1. The van der Waals surface area contributed by atoms with E-state index >= 15 is 0 Å². The number of ether oxygens (including phenoxy) is 1. The molecule has 8 heteroatoms. The van der Waals surface area contributed by atoms with Gasteiger partial charge in [0.15, 0.2) is 0 Å². The molecule has 6 nitrogen and oxygen atoms in total. The van der Waals surface area contributed by atoms with Crippen LogP contribution >= 0.6 is 11.3 Å². The number of halogens is 1. The summed E-state index contributed by atoms with van der Waals surface area (Å²) in [5.41, 5.74) is 1.73. The first-order valence-corrected chi connectivity index (χ1v) is 10.00. The van der Waals surface area contributed by atoms with Gasteiger partial charge in [0.25, 0.3) is 11.8 Å². The van der Waals surface area contributed by atoms with E-state index in [1.54, 1.807) is 10.3 Å². The van der Waals surface area contributed by atoms with Crippen molar-refractivity contribution in [2.24, 2.45) is 0 Å². The Balaban J connectivity index is 1.42. The molecule has 3 heterocycles. The molecule has 1 aliphatic rings. The Morgan fingerprint density at radius 3 is 2.93 bits per heavy atom. The van der Waals surface area contributed by atoms with Crippen LogP contribution in [0, 0.1) is 5.82 Å². The first-order chi connectivity index (χ1) is 13.7. The van der Waals surface area contributed by atoms with Gasteiger partial charge in [-0.15, -0.1) is 11.3 Å². The second-order valence-electron chi connectivity index (χ2n) is 6.48. The fourth-order valence-electron chi connectivity index (χ4n) is 3.13. The number of carbonyl (C=O) groups is 1. The van der Waals surface area contributed by atoms with E-state index < -0.39 is 5.82 Å². The van der Waals surface area contributed by atoms with Crippen LogP contribution in [0.15, 0.2) is 42.0 Å². The smallest absolute Gasteiger partial charge is 0.273 e. The number of aromatic nitrogens is 3. The lowest BCUT2D eigenvalue weighted by molar-refractivity contribution is 0.0765. The molecule has 0 bridgehead atoms. The van der Waals surface area contributed by atoms with E-state index in [0.717, 1.165) is 10.6 Å². The Kier molecular flexibility index (Phi) is 5.29. The molecule has 0 aliphatic carbocycles. The van der Waals surface area contributed by atoms with Crippen molar-refractivity contribution in [3.8, 4) is 16.5 Å². The quantitative estimate of drug-likeness (QED) is 0.657. The highest BCUT2D eigenvalue weighted by Crippen LogP contribution is 2.26. The fraction of sp³-hybridized carbons (Fsp3) is 0.300. The Morgan fingerprint density at radius 2 is 2.14 bits per heavy atom. The van der Waals surface area contributed by atoms with Gasteiger partial charge >= 0.3 is 0 Å². The average molecular weight is 398 g/mol. The topological polar surface area (TPSA) is 68.2 Å². The molecule has 0 radical (unpaired) electrons. The first kappa shape index (κ1) is 18.5. The Labute approximate surface area is 166 Å². The third-order valence-electron chi connectivity index (χ3n) is 4.62. The van der Waals surface area contributed by atoms with Crippen molar-refractivity contribution in [2.75, 3.05) is 13.1 Å². The number of benzene rings is 1. The lowest BCUT2D eigenvalue weighted by Crippen LogP contribution is -2.31. The van der Waals surface area contributed by atoms with Crippen molar-refractivity contribution in [1.29, 1.82) is 0 Å². The van der Waals surface area contributed by atoms with Gasteiger partial charge in [-0.2, -0.15) is 9.37 Å². The summed E-state index contributed by atoms with van der Waals surface area (Å²) in [4.78, 5) is 26.7. The maximum atomic E-state index is 14.3. The lowest BCUT2D eigenvalue weighted by atomic mass is 10.2. The zero-order chi connectivity index (χ0) is 19.5. The molecule has 0 spiro atoms. The number of thiazole rings is 1. The van der Waals surface area contributed by atoms with Crippen LogP contribution in [0.25, 0.3) is 10.6 Å². The van der Waals surface area contributed by atoms with Crippen molar-refractivity contribution < 1.29 is 13.9 Å². The number of rotatable bonds is 5. The van der Waals surface area contributed by atoms with Gasteiger partial charge in [0.05, 0.1) is 12.2 Å². The van der Waals surface area contributed by atoms with E-state index in [4.69, 9.17) is 4.74 Å². The third kappa shape index (κ3) is 3.73. The fourth-order valence-corrected chi connectivity index (χ4v) is 3.93. The summed E-state index contributed by atoms with van der Waals surface area (Å²) in [7, 11) is 0. The van der Waals surface area contributed by atoms with Crippen molar-refractivity contribution in [2.45, 2.75) is 25.9 Å². The van der Waals surface area contributed by atoms with E-state index in [1.165, 1.54) is 17.7 Å². The average Bonchev–Trinajstić information content (AvgIpc) is 3.40. The summed E-state index contributed by atoms with van der Waals surface area (Å²) in [5.74, 6) is -0.713. The highest BCUT2D eigenvalue weighted by molar-refractivity contribution is 7.13. The van der Waals surface area contributed by atoms with E-state index in [2.05, 4.69) is 15.0 Å². The zero-order valence-corrected chi connectivity index (χ0v) is 16.2. The number of hydrogen-bond acceptors (Lipinski definition) is 6. The van der Waals surface area contributed by atoms with Crippen molar-refractivity contribution >= 4 is 17.2 Å². The number of hydrogen-bond donors (Lipinski definition) is 0. The zero-order valence-electron chi connectivity index (χ0n) is 15.3. The normalized spacial score (nSPS) is 16.4. The molecule has 1 fully saturated rings. The van der Waals surface area contributed by atoms with Gasteiger partial charge in [0.2, 0.25) is 5.82 Å². The number of likely N-dealkylation sites (tertiary alicyclic amines) is 1. The van der Waals surface area contributed by atoms with Crippen LogP contribution in [0.5, 0.6) is 5.88 Å². The van der Waals surface area contributed by atoms with Gasteiger partial charge in [0, 0.05) is 23.9 Å². The summed E-state index contributed by atoms with van der Waals surface area (Å²) in [5, 5.41) is 2.59. The lowest BCUT2D eigenvalue weighted by Gasteiger charge is -2.16. The van der Waals surface area contributed by atoms with Gasteiger partial charge in [-0.1, -0.05) is 37.3 Å². The van der Waals surface area contributed by atoms with Gasteiger partial charge in [-0.25, -0.2) is 9.97 Å². The molecule has 0 unspecified atom stereocenters. The number of carbonyl (C=O) groups excluding carboxylic acids is 1. The minimum absolute atomic E-state index is 0.0498. The van der Waals surface area contributed by atoms with Crippen LogP contribution in [0.4, 0.5) is 4.39 Å². The van der Waals surface area contributed by atoms with Gasteiger partial charge in [0.1, 0.15) is 23.1 Å². The molecular weight excluding hydrogens is 379 g/mol.